The van der Waals surface area contributed by atoms with Gasteiger partial charge >= 0.3 is 11.9 Å². The number of carboxylic acids is 2. The van der Waals surface area contributed by atoms with Crippen molar-refractivity contribution in [2.24, 2.45) is 0 Å². The number of phenolic OH excluding ortho intramolecular Hbond substituents is 1. The highest BCUT2D eigenvalue weighted by molar-refractivity contribution is 8.01. The van der Waals surface area contributed by atoms with Gasteiger partial charge in [-0.25, -0.2) is 4.79 Å². The van der Waals surface area contributed by atoms with Gasteiger partial charge < -0.3 is 30.5 Å². The van der Waals surface area contributed by atoms with Crippen LogP contribution < -0.4 is 5.32 Å². The van der Waals surface area contributed by atoms with Crippen LogP contribution in [0.1, 0.15) is 60.2 Å². The number of Topliss-reactive ketones (excluding diaryl/α,β-unsaturated/α-hetero) is 2. The Balaban J connectivity index is 2.21. The number of phenols is 1. The van der Waals surface area contributed by atoms with Crippen molar-refractivity contribution in [3.05, 3.63) is 29.3 Å². The lowest BCUT2D eigenvalue weighted by molar-refractivity contribution is -0.174. The van der Waals surface area contributed by atoms with Gasteiger partial charge in [0.1, 0.15) is 16.5 Å². The molecule has 1 unspecified atom stereocenters. The summed E-state index contributed by atoms with van der Waals surface area (Å²) in [5.74, 6) is -5.85. The summed E-state index contributed by atoms with van der Waals surface area (Å²) in [7, 11) is 0. The first-order chi connectivity index (χ1) is 16.4. The second-order valence-corrected chi connectivity index (χ2v) is 10.0. The number of hydrogen-bond donors (Lipinski definition) is 5. The molecule has 5 N–H and O–H groups in total. The molecular weight excluding hydrogens is 482 g/mol. The van der Waals surface area contributed by atoms with E-state index < -0.39 is 82.4 Å². The van der Waals surface area contributed by atoms with Gasteiger partial charge in [0.15, 0.2) is 11.4 Å². The summed E-state index contributed by atoms with van der Waals surface area (Å²) >= 11 is 0.677. The maximum Gasteiger partial charge on any atom is 0.327 e. The molecule has 3 rings (SSSR count). The number of nitrogens with one attached hydrogen (secondary N) is 1. The van der Waals surface area contributed by atoms with Crippen molar-refractivity contribution < 1.29 is 49.1 Å². The summed E-state index contributed by atoms with van der Waals surface area (Å²) in [4.78, 5) is 62.5. The zero-order chi connectivity index (χ0) is 26.1. The molecule has 1 aromatic carbocycles. The van der Waals surface area contributed by atoms with E-state index >= 15 is 0 Å². The average Bonchev–Trinajstić information content (AvgIpc) is 2.76. The van der Waals surface area contributed by atoms with E-state index in [9.17, 15) is 44.4 Å². The van der Waals surface area contributed by atoms with Crippen LogP contribution in [0.15, 0.2) is 18.2 Å². The number of carbonyl (C=O) groups excluding carboxylic acids is 3. The lowest BCUT2D eigenvalue weighted by Gasteiger charge is -2.55. The molecular formula is C23H27NO10S. The molecule has 0 radical (unpaired) electrons. The van der Waals surface area contributed by atoms with Crippen LogP contribution in [0.3, 0.4) is 0 Å². The average molecular weight is 510 g/mol. The number of carbonyl (C=O) groups is 5. The predicted octanol–water partition coefficient (Wildman–Crippen LogP) is 0.996. The van der Waals surface area contributed by atoms with Crippen molar-refractivity contribution in [1.29, 1.82) is 0 Å². The third-order valence-corrected chi connectivity index (χ3v) is 7.96. The maximum atomic E-state index is 14.0. The van der Waals surface area contributed by atoms with E-state index in [1.54, 1.807) is 6.92 Å². The second kappa shape index (κ2) is 9.96. The minimum Gasteiger partial charge on any atom is -0.507 e. The molecule has 1 saturated heterocycles. The van der Waals surface area contributed by atoms with Gasteiger partial charge in [-0.2, -0.15) is 0 Å². The summed E-state index contributed by atoms with van der Waals surface area (Å²) in [6.45, 7) is 2.87. The Hall–Kier alpha value is -2.96. The van der Waals surface area contributed by atoms with Gasteiger partial charge in [0.05, 0.1) is 24.2 Å². The van der Waals surface area contributed by atoms with Crippen LogP contribution in [0, 0.1) is 0 Å². The Morgan fingerprint density at radius 1 is 1.23 bits per heavy atom. The van der Waals surface area contributed by atoms with E-state index in [-0.39, 0.29) is 17.5 Å². The van der Waals surface area contributed by atoms with E-state index in [1.165, 1.54) is 18.2 Å². The number of benzene rings is 1. The normalized spacial score (nSPS) is 28.5. The Morgan fingerprint density at radius 2 is 1.91 bits per heavy atom. The number of aliphatic hydroxyl groups is 1. The summed E-state index contributed by atoms with van der Waals surface area (Å²) in [5, 5.41) is 43.6. The van der Waals surface area contributed by atoms with Gasteiger partial charge in [-0.1, -0.05) is 25.5 Å². The molecule has 0 aromatic heterocycles. The van der Waals surface area contributed by atoms with E-state index in [1.807, 2.05) is 0 Å². The third-order valence-electron chi connectivity index (χ3n) is 6.31. The number of amides is 1. The third kappa shape index (κ3) is 4.53. The van der Waals surface area contributed by atoms with Crippen molar-refractivity contribution in [3.63, 3.8) is 0 Å². The Kier molecular flexibility index (Phi) is 7.58. The highest BCUT2D eigenvalue weighted by Gasteiger charge is 2.70. The minimum absolute atomic E-state index is 0.0882. The number of hydrogen-bond acceptors (Lipinski definition) is 9. The summed E-state index contributed by atoms with van der Waals surface area (Å²) in [6, 6.07) is 2.43. The number of rotatable bonds is 9. The van der Waals surface area contributed by atoms with Crippen LogP contribution in [0.25, 0.3) is 0 Å². The van der Waals surface area contributed by atoms with Crippen molar-refractivity contribution in [2.45, 2.75) is 68.1 Å². The zero-order valence-corrected chi connectivity index (χ0v) is 20.0. The van der Waals surface area contributed by atoms with Crippen LogP contribution in [-0.4, -0.2) is 84.2 Å². The lowest BCUT2D eigenvalue weighted by Crippen LogP contribution is -2.74. The summed E-state index contributed by atoms with van der Waals surface area (Å²) in [5.41, 5.74) is -3.05. The Bertz CT molecular complexity index is 1070. The molecule has 0 spiro atoms. The quantitative estimate of drug-likeness (QED) is 0.319. The molecule has 0 saturated carbocycles. The molecule has 5 atom stereocenters. The highest BCUT2D eigenvalue weighted by atomic mass is 32.2. The molecule has 1 amide bonds. The zero-order valence-electron chi connectivity index (χ0n) is 19.1. The fourth-order valence-corrected chi connectivity index (χ4v) is 6.49. The standard InChI is InChI=1S/C23H27NO10S/c1-3-5-16-23(33)20(30)18-13(6-4-7-15(18)26)19(29)22(23,9-12(34-16)8-17(27)28)35-10-14(21(31)32)24-11(2)25/h4,6-7,12,14,16,26,33H,3,5,8-10H2,1-2H3,(H,24,25)(H,27,28)(H,31,32)/t12-,14?,16-,22+,23+/m1/s1. The van der Waals surface area contributed by atoms with Crippen molar-refractivity contribution >= 4 is 41.2 Å². The van der Waals surface area contributed by atoms with Crippen LogP contribution >= 0.6 is 11.8 Å². The molecule has 190 valence electrons. The predicted molar refractivity (Wildman–Crippen MR) is 123 cm³/mol. The lowest BCUT2D eigenvalue weighted by atomic mass is 9.63. The largest absolute Gasteiger partial charge is 0.507 e. The van der Waals surface area contributed by atoms with E-state index in [2.05, 4.69) is 5.32 Å². The Morgan fingerprint density at radius 3 is 2.49 bits per heavy atom. The molecule has 2 aliphatic rings. The van der Waals surface area contributed by atoms with Gasteiger partial charge in [0.2, 0.25) is 11.7 Å². The topological polar surface area (TPSA) is 188 Å². The number of carboxylic acid groups (broad SMARTS) is 2. The fraction of sp³-hybridized carbons (Fsp3) is 0.522. The first-order valence-corrected chi connectivity index (χ1v) is 12.0. The van der Waals surface area contributed by atoms with E-state index in [4.69, 9.17) is 4.74 Å². The summed E-state index contributed by atoms with van der Waals surface area (Å²) in [6.07, 6.45) is -2.77. The van der Waals surface area contributed by atoms with Crippen LogP contribution in [0.5, 0.6) is 5.75 Å². The number of aromatic hydroxyl groups is 1. The number of ketones is 2. The molecule has 1 heterocycles. The molecule has 0 bridgehead atoms. The number of aliphatic carboxylic acids is 2. The van der Waals surface area contributed by atoms with Gasteiger partial charge in [0, 0.05) is 18.2 Å². The maximum absolute atomic E-state index is 14.0. The van der Waals surface area contributed by atoms with Crippen molar-refractivity contribution in [3.8, 4) is 5.75 Å². The summed E-state index contributed by atoms with van der Waals surface area (Å²) < 4.78 is 3.82. The fourth-order valence-electron chi connectivity index (χ4n) is 4.82. The number of ether oxygens (including phenoxy) is 1. The smallest absolute Gasteiger partial charge is 0.327 e. The van der Waals surface area contributed by atoms with Crippen LogP contribution in [0.2, 0.25) is 0 Å². The molecule has 1 aliphatic carbocycles. The minimum atomic E-state index is -2.52. The van der Waals surface area contributed by atoms with E-state index in [0.29, 0.717) is 18.2 Å². The van der Waals surface area contributed by atoms with Gasteiger partial charge in [-0.3, -0.25) is 19.2 Å². The van der Waals surface area contributed by atoms with Crippen molar-refractivity contribution in [1.82, 2.24) is 5.32 Å². The number of thioether (sulfide) groups is 1. The molecule has 1 aliphatic heterocycles. The first kappa shape index (κ1) is 26.6. The second-order valence-electron chi connectivity index (χ2n) is 8.69. The molecule has 12 heteroatoms. The monoisotopic (exact) mass is 509 g/mol. The van der Waals surface area contributed by atoms with Gasteiger partial charge in [0.25, 0.3) is 0 Å². The number of fused-ring (bicyclic) bond motifs is 2. The first-order valence-electron chi connectivity index (χ1n) is 11.0. The highest BCUT2D eigenvalue weighted by Crippen LogP contribution is 2.55. The SMILES string of the molecule is CCC[C@H]1O[C@H](CC(=O)O)C[C@]2(SCC(NC(C)=O)C(=O)O)C(=O)c3cccc(O)c3C(=O)[C@@]12O. The molecule has 1 aromatic rings. The Labute approximate surface area is 204 Å². The van der Waals surface area contributed by atoms with Crippen LogP contribution in [0.4, 0.5) is 0 Å². The van der Waals surface area contributed by atoms with Crippen LogP contribution in [-0.2, 0) is 19.1 Å². The van der Waals surface area contributed by atoms with Gasteiger partial charge in [-0.05, 0) is 18.9 Å². The van der Waals surface area contributed by atoms with Crippen molar-refractivity contribution in [2.75, 3.05) is 5.75 Å². The van der Waals surface area contributed by atoms with E-state index in [0.717, 1.165) is 6.92 Å². The molecule has 35 heavy (non-hydrogen) atoms. The van der Waals surface area contributed by atoms with Gasteiger partial charge in [-0.15, -0.1) is 11.8 Å². The molecule has 1 fully saturated rings. The molecule has 11 nitrogen and oxygen atoms in total.